The zero-order valence-corrected chi connectivity index (χ0v) is 9.93. The summed E-state index contributed by atoms with van der Waals surface area (Å²) >= 11 is 0. The molecule has 1 saturated heterocycles. The third kappa shape index (κ3) is 2.41. The van der Waals surface area contributed by atoms with E-state index in [1.165, 1.54) is 0 Å². The summed E-state index contributed by atoms with van der Waals surface area (Å²) in [6.45, 7) is 2.27. The molecule has 0 amide bonds. The molecular formula is C11H19N5. The summed E-state index contributed by atoms with van der Waals surface area (Å²) in [5.41, 5.74) is 5.66. The lowest BCUT2D eigenvalue weighted by atomic mass is 10.0. The van der Waals surface area contributed by atoms with Gasteiger partial charge in [0.15, 0.2) is 0 Å². The van der Waals surface area contributed by atoms with Crippen LogP contribution < -0.4 is 10.6 Å². The predicted octanol–water partition coefficient (Wildman–Crippen LogP) is 0.589. The molecule has 2 N–H and O–H groups in total. The third-order valence-electron chi connectivity index (χ3n) is 3.22. The molecule has 0 aromatic carbocycles. The van der Waals surface area contributed by atoms with Crippen LogP contribution in [-0.2, 0) is 0 Å². The lowest BCUT2D eigenvalue weighted by molar-refractivity contribution is 0.252. The number of likely N-dealkylation sites (tertiary alicyclic amines) is 1. The van der Waals surface area contributed by atoms with Gasteiger partial charge in [0.25, 0.3) is 0 Å². The highest BCUT2D eigenvalue weighted by atomic mass is 15.3. The first-order chi connectivity index (χ1) is 7.66. The van der Waals surface area contributed by atoms with Crippen LogP contribution in [0.25, 0.3) is 0 Å². The summed E-state index contributed by atoms with van der Waals surface area (Å²) in [6, 6.07) is 2.24. The van der Waals surface area contributed by atoms with E-state index in [9.17, 15) is 0 Å². The van der Waals surface area contributed by atoms with Crippen LogP contribution in [-0.4, -0.2) is 48.1 Å². The Balaban J connectivity index is 2.04. The fourth-order valence-corrected chi connectivity index (χ4v) is 2.08. The number of hydrogen-bond acceptors (Lipinski definition) is 5. The van der Waals surface area contributed by atoms with Gasteiger partial charge in [-0.3, -0.25) is 0 Å². The van der Waals surface area contributed by atoms with Crippen molar-refractivity contribution in [2.75, 3.05) is 37.8 Å². The fourth-order valence-electron chi connectivity index (χ4n) is 2.08. The summed E-state index contributed by atoms with van der Waals surface area (Å²) < 4.78 is 0. The molecule has 1 aromatic heterocycles. The molecule has 0 aliphatic carbocycles. The van der Waals surface area contributed by atoms with Crippen LogP contribution in [0, 0.1) is 0 Å². The average molecular weight is 221 g/mol. The van der Waals surface area contributed by atoms with Gasteiger partial charge < -0.3 is 15.5 Å². The zero-order valence-electron chi connectivity index (χ0n) is 9.93. The van der Waals surface area contributed by atoms with Gasteiger partial charge in [-0.1, -0.05) is 0 Å². The molecule has 2 rings (SSSR count). The standard InChI is InChI=1S/C11H19N5/c1-15-7-4-9(5-8-15)16(2)11-13-6-3-10(12)14-11/h3,6,9H,4-5,7-8H2,1-2H3,(H2,12,13,14). The van der Waals surface area contributed by atoms with Crippen molar-refractivity contribution < 1.29 is 0 Å². The van der Waals surface area contributed by atoms with Crippen LogP contribution in [0.4, 0.5) is 11.8 Å². The minimum Gasteiger partial charge on any atom is -0.384 e. The van der Waals surface area contributed by atoms with E-state index in [0.29, 0.717) is 11.9 Å². The highest BCUT2D eigenvalue weighted by Gasteiger charge is 2.22. The van der Waals surface area contributed by atoms with Gasteiger partial charge in [-0.05, 0) is 39.0 Å². The number of rotatable bonds is 2. The SMILES string of the molecule is CN1CCC(N(C)c2nccc(N)n2)CC1. The molecule has 0 atom stereocenters. The van der Waals surface area contributed by atoms with Gasteiger partial charge in [0.1, 0.15) is 5.82 Å². The molecule has 2 heterocycles. The molecule has 0 unspecified atom stereocenters. The molecule has 1 aromatic rings. The molecule has 5 nitrogen and oxygen atoms in total. The van der Waals surface area contributed by atoms with E-state index < -0.39 is 0 Å². The van der Waals surface area contributed by atoms with Gasteiger partial charge in [-0.2, -0.15) is 4.98 Å². The first kappa shape index (κ1) is 11.1. The third-order valence-corrected chi connectivity index (χ3v) is 3.22. The Morgan fingerprint density at radius 2 is 2.12 bits per heavy atom. The second kappa shape index (κ2) is 4.65. The van der Waals surface area contributed by atoms with Crippen LogP contribution in [0.3, 0.4) is 0 Å². The van der Waals surface area contributed by atoms with Crippen molar-refractivity contribution >= 4 is 11.8 Å². The van der Waals surface area contributed by atoms with Crippen molar-refractivity contribution in [3.8, 4) is 0 Å². The van der Waals surface area contributed by atoms with E-state index in [1.54, 1.807) is 12.3 Å². The maximum Gasteiger partial charge on any atom is 0.227 e. The molecule has 0 radical (unpaired) electrons. The molecular weight excluding hydrogens is 202 g/mol. The minimum atomic E-state index is 0.526. The van der Waals surface area contributed by atoms with Gasteiger partial charge in [0.2, 0.25) is 5.95 Å². The van der Waals surface area contributed by atoms with Gasteiger partial charge in [-0.25, -0.2) is 4.98 Å². The molecule has 1 aliphatic heterocycles. The Hall–Kier alpha value is -1.36. The number of nitrogens with two attached hydrogens (primary N) is 1. The lowest BCUT2D eigenvalue weighted by Crippen LogP contribution is -2.42. The number of nitrogens with zero attached hydrogens (tertiary/aromatic N) is 4. The van der Waals surface area contributed by atoms with Crippen LogP contribution in [0.2, 0.25) is 0 Å². The normalized spacial score (nSPS) is 18.6. The van der Waals surface area contributed by atoms with E-state index in [2.05, 4.69) is 26.8 Å². The Kier molecular flexibility index (Phi) is 3.24. The molecule has 0 spiro atoms. The summed E-state index contributed by atoms with van der Waals surface area (Å²) in [7, 11) is 4.21. The van der Waals surface area contributed by atoms with Gasteiger partial charge in [0, 0.05) is 19.3 Å². The largest absolute Gasteiger partial charge is 0.384 e. The van der Waals surface area contributed by atoms with E-state index in [1.807, 2.05) is 7.05 Å². The van der Waals surface area contributed by atoms with Crippen LogP contribution in [0.1, 0.15) is 12.8 Å². The quantitative estimate of drug-likeness (QED) is 0.792. The Morgan fingerprint density at radius 1 is 1.44 bits per heavy atom. The number of hydrogen-bond donors (Lipinski definition) is 1. The van der Waals surface area contributed by atoms with Crippen molar-refractivity contribution in [1.82, 2.24) is 14.9 Å². The fraction of sp³-hybridized carbons (Fsp3) is 0.636. The predicted molar refractivity (Wildman–Crippen MR) is 65.4 cm³/mol. The minimum absolute atomic E-state index is 0.526. The number of aromatic nitrogens is 2. The first-order valence-corrected chi connectivity index (χ1v) is 5.66. The average Bonchev–Trinajstić information content (AvgIpc) is 2.29. The molecule has 0 saturated carbocycles. The second-order valence-electron chi connectivity index (χ2n) is 4.43. The van der Waals surface area contributed by atoms with E-state index in [4.69, 9.17) is 5.73 Å². The van der Waals surface area contributed by atoms with Crippen molar-refractivity contribution in [2.24, 2.45) is 0 Å². The zero-order chi connectivity index (χ0) is 11.5. The Bertz CT molecular complexity index is 346. The maximum atomic E-state index is 5.66. The van der Waals surface area contributed by atoms with Gasteiger partial charge >= 0.3 is 0 Å². The summed E-state index contributed by atoms with van der Waals surface area (Å²) in [4.78, 5) is 13.0. The molecule has 1 fully saturated rings. The molecule has 0 bridgehead atoms. The first-order valence-electron chi connectivity index (χ1n) is 5.66. The Labute approximate surface area is 96.3 Å². The lowest BCUT2D eigenvalue weighted by Gasteiger charge is -2.35. The van der Waals surface area contributed by atoms with Gasteiger partial charge in [0.05, 0.1) is 0 Å². The molecule has 5 heteroatoms. The highest BCUT2D eigenvalue weighted by Crippen LogP contribution is 2.18. The smallest absolute Gasteiger partial charge is 0.227 e. The molecule has 88 valence electrons. The Morgan fingerprint density at radius 3 is 2.75 bits per heavy atom. The number of piperidine rings is 1. The highest BCUT2D eigenvalue weighted by molar-refractivity contribution is 5.37. The van der Waals surface area contributed by atoms with Crippen LogP contribution >= 0.6 is 0 Å². The number of anilines is 2. The van der Waals surface area contributed by atoms with Crippen molar-refractivity contribution in [1.29, 1.82) is 0 Å². The monoisotopic (exact) mass is 221 g/mol. The topological polar surface area (TPSA) is 58.3 Å². The summed E-state index contributed by atoms with van der Waals surface area (Å²) in [6.07, 6.45) is 4.03. The van der Waals surface area contributed by atoms with Crippen molar-refractivity contribution in [3.63, 3.8) is 0 Å². The van der Waals surface area contributed by atoms with Crippen LogP contribution in [0.5, 0.6) is 0 Å². The molecule has 1 aliphatic rings. The van der Waals surface area contributed by atoms with E-state index >= 15 is 0 Å². The van der Waals surface area contributed by atoms with Gasteiger partial charge in [-0.15, -0.1) is 0 Å². The maximum absolute atomic E-state index is 5.66. The second-order valence-corrected chi connectivity index (χ2v) is 4.43. The van der Waals surface area contributed by atoms with Crippen molar-refractivity contribution in [2.45, 2.75) is 18.9 Å². The summed E-state index contributed by atoms with van der Waals surface area (Å²) in [5, 5.41) is 0. The van der Waals surface area contributed by atoms with Crippen molar-refractivity contribution in [3.05, 3.63) is 12.3 Å². The molecule has 16 heavy (non-hydrogen) atoms. The van der Waals surface area contributed by atoms with E-state index in [0.717, 1.165) is 31.9 Å². The van der Waals surface area contributed by atoms with E-state index in [-0.39, 0.29) is 0 Å². The summed E-state index contributed by atoms with van der Waals surface area (Å²) in [5.74, 6) is 1.26. The number of nitrogen functional groups attached to an aromatic ring is 1. The van der Waals surface area contributed by atoms with Crippen LogP contribution in [0.15, 0.2) is 12.3 Å².